The van der Waals surface area contributed by atoms with Crippen LogP contribution in [0.4, 0.5) is 4.79 Å². The van der Waals surface area contributed by atoms with Crippen LogP contribution < -0.4 is 5.32 Å². The van der Waals surface area contributed by atoms with Crippen molar-refractivity contribution in [2.75, 3.05) is 13.1 Å². The highest BCUT2D eigenvalue weighted by atomic mass is 16.4. The molecule has 2 unspecified atom stereocenters. The van der Waals surface area contributed by atoms with E-state index in [-0.39, 0.29) is 12.1 Å². The van der Waals surface area contributed by atoms with Crippen LogP contribution in [0.1, 0.15) is 58.3 Å². The highest BCUT2D eigenvalue weighted by Crippen LogP contribution is 2.38. The van der Waals surface area contributed by atoms with E-state index in [1.165, 1.54) is 19.3 Å². The fourth-order valence-electron chi connectivity index (χ4n) is 3.34. The number of carbonyl (C=O) groups is 2. The van der Waals surface area contributed by atoms with Gasteiger partial charge in [0.25, 0.3) is 0 Å². The van der Waals surface area contributed by atoms with Crippen LogP contribution in [0.5, 0.6) is 0 Å². The molecule has 1 saturated heterocycles. The number of hydrogen-bond donors (Lipinski definition) is 2. The SMILES string of the molecule is CC1(C(=O)O)CCCC1NC(=O)N1CCCCCCC1. The molecule has 114 valence electrons. The summed E-state index contributed by atoms with van der Waals surface area (Å²) in [6, 6.07) is -0.316. The van der Waals surface area contributed by atoms with E-state index in [2.05, 4.69) is 5.32 Å². The topological polar surface area (TPSA) is 69.6 Å². The molecule has 1 heterocycles. The van der Waals surface area contributed by atoms with Gasteiger partial charge in [-0.15, -0.1) is 0 Å². The average molecular weight is 282 g/mol. The highest BCUT2D eigenvalue weighted by molar-refractivity contribution is 5.79. The van der Waals surface area contributed by atoms with Gasteiger partial charge in [0, 0.05) is 19.1 Å². The Hall–Kier alpha value is -1.26. The first-order valence-corrected chi connectivity index (χ1v) is 7.83. The number of carboxylic acids is 1. The molecule has 2 atom stereocenters. The molecule has 0 aromatic heterocycles. The number of likely N-dealkylation sites (tertiary alicyclic amines) is 1. The minimum absolute atomic E-state index is 0.0775. The number of amides is 2. The van der Waals surface area contributed by atoms with Crippen molar-refractivity contribution in [3.63, 3.8) is 0 Å². The molecular formula is C15H26N2O3. The van der Waals surface area contributed by atoms with Crippen molar-refractivity contribution in [2.45, 2.75) is 64.3 Å². The molecule has 2 fully saturated rings. The summed E-state index contributed by atoms with van der Waals surface area (Å²) >= 11 is 0. The Balaban J connectivity index is 1.94. The Morgan fingerprint density at radius 1 is 1.10 bits per heavy atom. The Morgan fingerprint density at radius 3 is 2.30 bits per heavy atom. The second-order valence-electron chi connectivity index (χ2n) is 6.37. The van der Waals surface area contributed by atoms with Gasteiger partial charge in [0.05, 0.1) is 5.41 Å². The van der Waals surface area contributed by atoms with Crippen molar-refractivity contribution in [3.8, 4) is 0 Å². The molecule has 2 aliphatic rings. The van der Waals surface area contributed by atoms with Crippen molar-refractivity contribution in [3.05, 3.63) is 0 Å². The molecule has 5 heteroatoms. The Kier molecular flexibility index (Phi) is 4.89. The number of nitrogens with zero attached hydrogens (tertiary/aromatic N) is 1. The number of nitrogens with one attached hydrogen (secondary N) is 1. The summed E-state index contributed by atoms with van der Waals surface area (Å²) in [5.41, 5.74) is -0.807. The molecule has 2 amide bonds. The van der Waals surface area contributed by atoms with Gasteiger partial charge in [0.2, 0.25) is 0 Å². The largest absolute Gasteiger partial charge is 0.481 e. The van der Waals surface area contributed by atoms with E-state index in [1.54, 1.807) is 6.92 Å². The monoisotopic (exact) mass is 282 g/mol. The Labute approximate surface area is 120 Å². The Morgan fingerprint density at radius 2 is 1.70 bits per heavy atom. The van der Waals surface area contributed by atoms with Crippen LogP contribution in [-0.2, 0) is 4.79 Å². The lowest BCUT2D eigenvalue weighted by Gasteiger charge is -2.31. The second-order valence-corrected chi connectivity index (χ2v) is 6.37. The minimum atomic E-state index is -0.807. The van der Waals surface area contributed by atoms with Crippen LogP contribution in [0.3, 0.4) is 0 Å². The lowest BCUT2D eigenvalue weighted by Crippen LogP contribution is -2.51. The second kappa shape index (κ2) is 6.46. The zero-order valence-electron chi connectivity index (χ0n) is 12.4. The number of carbonyl (C=O) groups excluding carboxylic acids is 1. The van der Waals surface area contributed by atoms with E-state index in [9.17, 15) is 14.7 Å². The maximum Gasteiger partial charge on any atom is 0.317 e. The van der Waals surface area contributed by atoms with Crippen LogP contribution >= 0.6 is 0 Å². The molecule has 5 nitrogen and oxygen atoms in total. The van der Waals surface area contributed by atoms with E-state index >= 15 is 0 Å². The number of aliphatic carboxylic acids is 1. The molecule has 0 bridgehead atoms. The van der Waals surface area contributed by atoms with Crippen LogP contribution in [0, 0.1) is 5.41 Å². The van der Waals surface area contributed by atoms with Crippen LogP contribution in [0.25, 0.3) is 0 Å². The predicted molar refractivity (Wildman–Crippen MR) is 76.6 cm³/mol. The van der Waals surface area contributed by atoms with Crippen molar-refractivity contribution in [2.24, 2.45) is 5.41 Å². The summed E-state index contributed by atoms with van der Waals surface area (Å²) in [5.74, 6) is -0.798. The van der Waals surface area contributed by atoms with Gasteiger partial charge < -0.3 is 15.3 Å². The van der Waals surface area contributed by atoms with Crippen LogP contribution in [0.15, 0.2) is 0 Å². The third-order valence-corrected chi connectivity index (χ3v) is 4.89. The van der Waals surface area contributed by atoms with Gasteiger partial charge >= 0.3 is 12.0 Å². The Bertz CT molecular complexity index is 364. The standard InChI is InChI=1S/C15H26N2O3/c1-15(13(18)19)9-7-8-12(15)16-14(20)17-10-5-3-2-4-6-11-17/h12H,2-11H2,1H3,(H,16,20)(H,18,19). The molecule has 2 rings (SSSR count). The quantitative estimate of drug-likeness (QED) is 0.818. The van der Waals surface area contributed by atoms with Crippen molar-refractivity contribution in [1.82, 2.24) is 10.2 Å². The summed E-state index contributed by atoms with van der Waals surface area (Å²) in [5, 5.41) is 12.4. The van der Waals surface area contributed by atoms with Gasteiger partial charge in [0.1, 0.15) is 0 Å². The first-order chi connectivity index (χ1) is 9.54. The summed E-state index contributed by atoms with van der Waals surface area (Å²) in [6.45, 7) is 3.34. The molecule has 0 aromatic carbocycles. The first kappa shape index (κ1) is 15.1. The third kappa shape index (κ3) is 3.25. The van der Waals surface area contributed by atoms with E-state index < -0.39 is 11.4 Å². The highest BCUT2D eigenvalue weighted by Gasteiger charge is 2.46. The normalized spacial score (nSPS) is 31.4. The lowest BCUT2D eigenvalue weighted by molar-refractivity contribution is -0.148. The van der Waals surface area contributed by atoms with Gasteiger partial charge in [-0.3, -0.25) is 4.79 Å². The van der Waals surface area contributed by atoms with Gasteiger partial charge in [-0.05, 0) is 32.6 Å². The third-order valence-electron chi connectivity index (χ3n) is 4.89. The summed E-state index contributed by atoms with van der Waals surface area (Å²) in [4.78, 5) is 25.6. The van der Waals surface area contributed by atoms with Gasteiger partial charge in [-0.1, -0.05) is 25.7 Å². The predicted octanol–water partition coefficient (Wildman–Crippen LogP) is 2.61. The molecule has 0 radical (unpaired) electrons. The zero-order valence-corrected chi connectivity index (χ0v) is 12.4. The first-order valence-electron chi connectivity index (χ1n) is 7.83. The fraction of sp³-hybridized carbons (Fsp3) is 0.867. The number of urea groups is 1. The zero-order chi connectivity index (χ0) is 14.6. The van der Waals surface area contributed by atoms with Crippen molar-refractivity contribution >= 4 is 12.0 Å². The molecule has 0 spiro atoms. The lowest BCUT2D eigenvalue weighted by atomic mass is 9.85. The maximum absolute atomic E-state index is 12.4. The molecule has 1 aliphatic carbocycles. The maximum atomic E-state index is 12.4. The van der Waals surface area contributed by atoms with Crippen molar-refractivity contribution < 1.29 is 14.7 Å². The van der Waals surface area contributed by atoms with E-state index in [0.717, 1.165) is 38.8 Å². The summed E-state index contributed by atoms with van der Waals surface area (Å²) in [7, 11) is 0. The molecule has 0 aromatic rings. The van der Waals surface area contributed by atoms with E-state index in [0.29, 0.717) is 6.42 Å². The molecular weight excluding hydrogens is 256 g/mol. The van der Waals surface area contributed by atoms with Gasteiger partial charge in [0.15, 0.2) is 0 Å². The van der Waals surface area contributed by atoms with Gasteiger partial charge in [-0.2, -0.15) is 0 Å². The number of hydrogen-bond acceptors (Lipinski definition) is 2. The molecule has 2 N–H and O–H groups in total. The summed E-state index contributed by atoms with van der Waals surface area (Å²) in [6.07, 6.45) is 8.00. The molecule has 20 heavy (non-hydrogen) atoms. The summed E-state index contributed by atoms with van der Waals surface area (Å²) < 4.78 is 0. The van der Waals surface area contributed by atoms with Crippen LogP contribution in [-0.4, -0.2) is 41.1 Å². The number of carboxylic acid groups (broad SMARTS) is 1. The van der Waals surface area contributed by atoms with E-state index in [1.807, 2.05) is 4.90 Å². The smallest absolute Gasteiger partial charge is 0.317 e. The van der Waals surface area contributed by atoms with Gasteiger partial charge in [-0.25, -0.2) is 4.79 Å². The number of rotatable bonds is 2. The molecule has 1 saturated carbocycles. The average Bonchev–Trinajstić information content (AvgIpc) is 2.71. The minimum Gasteiger partial charge on any atom is -0.481 e. The van der Waals surface area contributed by atoms with Crippen molar-refractivity contribution in [1.29, 1.82) is 0 Å². The van der Waals surface area contributed by atoms with Crippen LogP contribution in [0.2, 0.25) is 0 Å². The fourth-order valence-corrected chi connectivity index (χ4v) is 3.34. The molecule has 1 aliphatic heterocycles. The van der Waals surface area contributed by atoms with E-state index in [4.69, 9.17) is 0 Å².